The summed E-state index contributed by atoms with van der Waals surface area (Å²) < 4.78 is 19.2. The minimum absolute atomic E-state index is 0.110. The van der Waals surface area contributed by atoms with Gasteiger partial charge in [-0.05, 0) is 55.0 Å². The van der Waals surface area contributed by atoms with Crippen LogP contribution in [-0.4, -0.2) is 12.5 Å². The van der Waals surface area contributed by atoms with E-state index in [1.165, 1.54) is 24.3 Å². The predicted molar refractivity (Wildman–Crippen MR) is 83.9 cm³/mol. The summed E-state index contributed by atoms with van der Waals surface area (Å²) in [6.07, 6.45) is 0.969. The lowest BCUT2D eigenvalue weighted by Crippen LogP contribution is -2.12. The Balaban J connectivity index is 1.67. The van der Waals surface area contributed by atoms with Gasteiger partial charge in [-0.25, -0.2) is 4.39 Å². The first-order chi connectivity index (χ1) is 10.1. The van der Waals surface area contributed by atoms with Crippen molar-refractivity contribution in [2.75, 3.05) is 11.9 Å². The zero-order chi connectivity index (χ0) is 15.1. The van der Waals surface area contributed by atoms with Gasteiger partial charge in [-0.3, -0.25) is 4.79 Å². The van der Waals surface area contributed by atoms with E-state index in [0.717, 1.165) is 10.2 Å². The summed E-state index contributed by atoms with van der Waals surface area (Å²) >= 11 is 3.35. The summed E-state index contributed by atoms with van der Waals surface area (Å²) in [5.41, 5.74) is 0.593. The second-order valence-electron chi connectivity index (χ2n) is 4.46. The van der Waals surface area contributed by atoms with Crippen molar-refractivity contribution in [2.45, 2.75) is 12.8 Å². The van der Waals surface area contributed by atoms with Gasteiger partial charge in [0.1, 0.15) is 11.6 Å². The standard InChI is InChI=1S/C16H15BrFNO2/c17-12-3-9-15(10-4-12)21-11-1-2-16(20)19-14-7-5-13(18)6-8-14/h3-10H,1-2,11H2,(H,19,20). The van der Waals surface area contributed by atoms with Crippen molar-refractivity contribution >= 4 is 27.5 Å². The largest absolute Gasteiger partial charge is 0.494 e. The highest BCUT2D eigenvalue weighted by atomic mass is 79.9. The number of nitrogens with one attached hydrogen (secondary N) is 1. The maximum Gasteiger partial charge on any atom is 0.224 e. The molecule has 0 aliphatic carbocycles. The highest BCUT2D eigenvalue weighted by molar-refractivity contribution is 9.10. The van der Waals surface area contributed by atoms with Crippen LogP contribution in [0.2, 0.25) is 0 Å². The molecule has 0 unspecified atom stereocenters. The molecule has 0 saturated carbocycles. The summed E-state index contributed by atoms with van der Waals surface area (Å²) in [7, 11) is 0. The van der Waals surface area contributed by atoms with E-state index in [4.69, 9.17) is 4.74 Å². The predicted octanol–water partition coefficient (Wildman–Crippen LogP) is 4.39. The summed E-state index contributed by atoms with van der Waals surface area (Å²) in [6.45, 7) is 0.471. The first-order valence-corrected chi connectivity index (χ1v) is 7.36. The molecule has 3 nitrogen and oxygen atoms in total. The Morgan fingerprint density at radius 2 is 1.76 bits per heavy atom. The van der Waals surface area contributed by atoms with Crippen molar-refractivity contribution < 1.29 is 13.9 Å². The van der Waals surface area contributed by atoms with E-state index in [0.29, 0.717) is 25.1 Å². The molecule has 0 aliphatic heterocycles. The number of hydrogen-bond acceptors (Lipinski definition) is 2. The smallest absolute Gasteiger partial charge is 0.224 e. The highest BCUT2D eigenvalue weighted by Crippen LogP contribution is 2.16. The van der Waals surface area contributed by atoms with Crippen LogP contribution in [0.5, 0.6) is 5.75 Å². The maximum atomic E-state index is 12.7. The van der Waals surface area contributed by atoms with Gasteiger partial charge >= 0.3 is 0 Å². The number of ether oxygens (including phenoxy) is 1. The number of hydrogen-bond donors (Lipinski definition) is 1. The number of amides is 1. The molecular weight excluding hydrogens is 337 g/mol. The fourth-order valence-corrected chi connectivity index (χ4v) is 1.97. The van der Waals surface area contributed by atoms with Gasteiger partial charge in [0.15, 0.2) is 0 Å². The van der Waals surface area contributed by atoms with E-state index in [9.17, 15) is 9.18 Å². The van der Waals surface area contributed by atoms with Crippen molar-refractivity contribution in [1.82, 2.24) is 0 Å². The lowest BCUT2D eigenvalue weighted by Gasteiger charge is -2.07. The minimum Gasteiger partial charge on any atom is -0.494 e. The van der Waals surface area contributed by atoms with E-state index in [2.05, 4.69) is 21.2 Å². The van der Waals surface area contributed by atoms with Gasteiger partial charge in [-0.2, -0.15) is 0 Å². The van der Waals surface area contributed by atoms with Gasteiger partial charge in [-0.15, -0.1) is 0 Å². The van der Waals surface area contributed by atoms with Crippen LogP contribution in [0.25, 0.3) is 0 Å². The van der Waals surface area contributed by atoms with Gasteiger partial charge in [0, 0.05) is 16.6 Å². The molecule has 5 heteroatoms. The van der Waals surface area contributed by atoms with Crippen LogP contribution in [0.1, 0.15) is 12.8 Å². The molecule has 2 aromatic rings. The van der Waals surface area contributed by atoms with E-state index in [1.54, 1.807) is 0 Å². The molecule has 0 atom stereocenters. The fraction of sp³-hybridized carbons (Fsp3) is 0.188. The summed E-state index contributed by atoms with van der Waals surface area (Å²) in [6, 6.07) is 13.2. The van der Waals surface area contributed by atoms with Crippen LogP contribution in [0.4, 0.5) is 10.1 Å². The Bertz CT molecular complexity index is 584. The summed E-state index contributed by atoms with van der Waals surface area (Å²) in [5.74, 6) is 0.342. The van der Waals surface area contributed by atoms with Crippen LogP contribution in [0.3, 0.4) is 0 Å². The summed E-state index contributed by atoms with van der Waals surface area (Å²) in [5, 5.41) is 2.71. The van der Waals surface area contributed by atoms with Crippen molar-refractivity contribution in [3.8, 4) is 5.75 Å². The van der Waals surface area contributed by atoms with Crippen molar-refractivity contribution in [1.29, 1.82) is 0 Å². The molecule has 0 saturated heterocycles. The molecule has 21 heavy (non-hydrogen) atoms. The number of anilines is 1. The van der Waals surface area contributed by atoms with Crippen LogP contribution in [0.15, 0.2) is 53.0 Å². The second kappa shape index (κ2) is 7.78. The number of rotatable bonds is 6. The first-order valence-electron chi connectivity index (χ1n) is 6.57. The molecule has 110 valence electrons. The molecular formula is C16H15BrFNO2. The average Bonchev–Trinajstić information content (AvgIpc) is 2.48. The average molecular weight is 352 g/mol. The SMILES string of the molecule is O=C(CCCOc1ccc(Br)cc1)Nc1ccc(F)cc1. The minimum atomic E-state index is -0.323. The Morgan fingerprint density at radius 1 is 1.10 bits per heavy atom. The quantitative estimate of drug-likeness (QED) is 0.784. The lowest BCUT2D eigenvalue weighted by atomic mass is 10.2. The lowest BCUT2D eigenvalue weighted by molar-refractivity contribution is -0.116. The van der Waals surface area contributed by atoms with Gasteiger partial charge in [0.05, 0.1) is 6.61 Å². The van der Waals surface area contributed by atoms with Crippen LogP contribution >= 0.6 is 15.9 Å². The van der Waals surface area contributed by atoms with Gasteiger partial charge in [-0.1, -0.05) is 15.9 Å². The molecule has 0 bridgehead atoms. The van der Waals surface area contributed by atoms with E-state index < -0.39 is 0 Å². The molecule has 0 aliphatic rings. The van der Waals surface area contributed by atoms with Gasteiger partial charge in [0.25, 0.3) is 0 Å². The Hall–Kier alpha value is -1.88. The third-order valence-electron chi connectivity index (χ3n) is 2.76. The van der Waals surface area contributed by atoms with Crippen molar-refractivity contribution in [3.63, 3.8) is 0 Å². The Morgan fingerprint density at radius 3 is 2.43 bits per heavy atom. The van der Waals surface area contributed by atoms with E-state index >= 15 is 0 Å². The molecule has 0 spiro atoms. The normalized spacial score (nSPS) is 10.2. The van der Waals surface area contributed by atoms with Crippen LogP contribution < -0.4 is 10.1 Å². The van der Waals surface area contributed by atoms with Crippen molar-refractivity contribution in [3.05, 3.63) is 58.8 Å². The third kappa shape index (κ3) is 5.55. The van der Waals surface area contributed by atoms with Gasteiger partial charge in [0.2, 0.25) is 5.91 Å². The Labute approximate surface area is 131 Å². The Kier molecular flexibility index (Phi) is 5.75. The van der Waals surface area contributed by atoms with Crippen molar-refractivity contribution in [2.24, 2.45) is 0 Å². The number of carbonyl (C=O) groups excluding carboxylic acids is 1. The zero-order valence-electron chi connectivity index (χ0n) is 11.3. The molecule has 0 fully saturated rings. The second-order valence-corrected chi connectivity index (χ2v) is 5.38. The molecule has 1 amide bonds. The fourth-order valence-electron chi connectivity index (χ4n) is 1.71. The van der Waals surface area contributed by atoms with Crippen LogP contribution in [0, 0.1) is 5.82 Å². The topological polar surface area (TPSA) is 38.3 Å². The molecule has 0 radical (unpaired) electrons. The molecule has 2 aromatic carbocycles. The number of carbonyl (C=O) groups is 1. The van der Waals surface area contributed by atoms with E-state index in [1.807, 2.05) is 24.3 Å². The molecule has 0 aromatic heterocycles. The van der Waals surface area contributed by atoms with Crippen LogP contribution in [-0.2, 0) is 4.79 Å². The van der Waals surface area contributed by atoms with E-state index in [-0.39, 0.29) is 11.7 Å². The zero-order valence-corrected chi connectivity index (χ0v) is 12.9. The third-order valence-corrected chi connectivity index (χ3v) is 3.29. The van der Waals surface area contributed by atoms with Gasteiger partial charge < -0.3 is 10.1 Å². The summed E-state index contributed by atoms with van der Waals surface area (Å²) in [4.78, 5) is 11.7. The molecule has 2 rings (SSSR count). The monoisotopic (exact) mass is 351 g/mol. The highest BCUT2D eigenvalue weighted by Gasteiger charge is 2.03. The number of benzene rings is 2. The maximum absolute atomic E-state index is 12.7. The molecule has 1 N–H and O–H groups in total. The molecule has 0 heterocycles. The first kappa shape index (κ1) is 15.5. The number of halogens is 2.